The van der Waals surface area contributed by atoms with Gasteiger partial charge in [0.2, 0.25) is 0 Å². The van der Waals surface area contributed by atoms with Crippen LogP contribution in [0.5, 0.6) is 0 Å². The molecule has 0 bridgehead atoms. The summed E-state index contributed by atoms with van der Waals surface area (Å²) in [5, 5.41) is 13.1. The molecule has 5 rings (SSSR count). The Kier molecular flexibility index (Phi) is 4.91. The van der Waals surface area contributed by atoms with Gasteiger partial charge < -0.3 is 10.1 Å². The third-order valence-electron chi connectivity index (χ3n) is 5.25. The number of halogens is 1. The Hall–Kier alpha value is -3.65. The van der Waals surface area contributed by atoms with Crippen molar-refractivity contribution in [1.82, 2.24) is 20.4 Å². The Bertz CT molecular complexity index is 1250. The lowest BCUT2D eigenvalue weighted by atomic mass is 10.1. The van der Waals surface area contributed by atoms with E-state index < -0.39 is 11.7 Å². The predicted molar refractivity (Wildman–Crippen MR) is 114 cm³/mol. The van der Waals surface area contributed by atoms with E-state index in [-0.39, 0.29) is 11.7 Å². The molecule has 2 aromatic carbocycles. The third-order valence-corrected chi connectivity index (χ3v) is 5.25. The zero-order chi connectivity index (χ0) is 21.4. The molecule has 1 saturated carbocycles. The van der Waals surface area contributed by atoms with Gasteiger partial charge >= 0.3 is 0 Å². The molecule has 2 aromatic heterocycles. The maximum absolute atomic E-state index is 14.4. The summed E-state index contributed by atoms with van der Waals surface area (Å²) >= 11 is 0. The number of rotatable bonds is 6. The standard InChI is InChI=1S/C23H20FN5O2/c1-13(31-17-7-8-17)14-2-5-16(6-3-14)25-23(30)18-12-15(4-9-19(18)24)20-10-11-21-22(26-20)28-29-27-21/h2-6,9-13,17H,7-8H2,1H3,(H,25,30)(H,26,27,28,29)/t13-/m0/s1. The highest BCUT2D eigenvalue weighted by atomic mass is 19.1. The second-order valence-electron chi connectivity index (χ2n) is 7.62. The Morgan fingerprint density at radius 2 is 1.97 bits per heavy atom. The maximum atomic E-state index is 14.4. The fraction of sp³-hybridized carbons (Fsp3) is 0.217. The van der Waals surface area contributed by atoms with Crippen molar-refractivity contribution in [1.29, 1.82) is 0 Å². The molecule has 1 aliphatic carbocycles. The highest BCUT2D eigenvalue weighted by molar-refractivity contribution is 6.05. The summed E-state index contributed by atoms with van der Waals surface area (Å²) in [6.07, 6.45) is 2.60. The molecule has 0 unspecified atom stereocenters. The van der Waals surface area contributed by atoms with Crippen molar-refractivity contribution in [3.05, 3.63) is 71.5 Å². The number of aromatic amines is 1. The SMILES string of the molecule is C[C@H](OC1CC1)c1ccc(NC(=O)c2cc(-c3ccc4nn[nH]c4n3)ccc2F)cc1. The highest BCUT2D eigenvalue weighted by Gasteiger charge is 2.25. The summed E-state index contributed by atoms with van der Waals surface area (Å²) in [7, 11) is 0. The number of ether oxygens (including phenoxy) is 1. The summed E-state index contributed by atoms with van der Waals surface area (Å²) in [5.41, 5.74) is 3.91. The van der Waals surface area contributed by atoms with Crippen LogP contribution in [-0.2, 0) is 4.74 Å². The number of nitrogens with zero attached hydrogens (tertiary/aromatic N) is 3. The normalized spacial score (nSPS) is 14.5. The van der Waals surface area contributed by atoms with Crippen molar-refractivity contribution in [2.24, 2.45) is 0 Å². The topological polar surface area (TPSA) is 92.8 Å². The summed E-state index contributed by atoms with van der Waals surface area (Å²) in [6.45, 7) is 2.01. The van der Waals surface area contributed by atoms with Crippen molar-refractivity contribution in [2.75, 3.05) is 5.32 Å². The lowest BCUT2D eigenvalue weighted by Gasteiger charge is -2.14. The van der Waals surface area contributed by atoms with E-state index in [9.17, 15) is 9.18 Å². The molecule has 1 aliphatic rings. The van der Waals surface area contributed by atoms with Crippen LogP contribution in [0.3, 0.4) is 0 Å². The van der Waals surface area contributed by atoms with Crippen LogP contribution in [0.1, 0.15) is 41.8 Å². The second-order valence-corrected chi connectivity index (χ2v) is 7.62. The van der Waals surface area contributed by atoms with Gasteiger partial charge in [0.15, 0.2) is 5.65 Å². The fourth-order valence-electron chi connectivity index (χ4n) is 3.37. The smallest absolute Gasteiger partial charge is 0.258 e. The maximum Gasteiger partial charge on any atom is 0.258 e. The van der Waals surface area contributed by atoms with Crippen molar-refractivity contribution < 1.29 is 13.9 Å². The van der Waals surface area contributed by atoms with E-state index in [0.29, 0.717) is 34.2 Å². The first-order valence-corrected chi connectivity index (χ1v) is 10.1. The first-order chi connectivity index (χ1) is 15.1. The van der Waals surface area contributed by atoms with Gasteiger partial charge in [-0.05, 0) is 67.8 Å². The van der Waals surface area contributed by atoms with Crippen LogP contribution in [0.25, 0.3) is 22.4 Å². The largest absolute Gasteiger partial charge is 0.371 e. The Morgan fingerprint density at radius 1 is 1.16 bits per heavy atom. The van der Waals surface area contributed by atoms with Gasteiger partial charge in [-0.25, -0.2) is 14.5 Å². The van der Waals surface area contributed by atoms with E-state index in [1.165, 1.54) is 12.1 Å². The molecular formula is C23H20FN5O2. The number of hydrogen-bond donors (Lipinski definition) is 2. The van der Waals surface area contributed by atoms with Crippen molar-refractivity contribution in [3.63, 3.8) is 0 Å². The number of hydrogen-bond acceptors (Lipinski definition) is 5. The van der Waals surface area contributed by atoms with Crippen molar-refractivity contribution in [2.45, 2.75) is 32.0 Å². The van der Waals surface area contributed by atoms with Crippen LogP contribution in [0.4, 0.5) is 10.1 Å². The first kappa shape index (κ1) is 19.3. The molecule has 156 valence electrons. The van der Waals surface area contributed by atoms with Gasteiger partial charge in [-0.3, -0.25) is 4.79 Å². The lowest BCUT2D eigenvalue weighted by Crippen LogP contribution is -2.14. The number of aromatic nitrogens is 4. The highest BCUT2D eigenvalue weighted by Crippen LogP contribution is 2.31. The van der Waals surface area contributed by atoms with Crippen LogP contribution < -0.4 is 5.32 Å². The number of fused-ring (bicyclic) bond motifs is 1. The number of anilines is 1. The second kappa shape index (κ2) is 7.88. The van der Waals surface area contributed by atoms with Crippen LogP contribution >= 0.6 is 0 Å². The molecule has 1 fully saturated rings. The molecule has 1 amide bonds. The van der Waals surface area contributed by atoms with Crippen LogP contribution in [-0.4, -0.2) is 32.4 Å². The van der Waals surface area contributed by atoms with E-state index in [0.717, 1.165) is 18.4 Å². The molecule has 2 heterocycles. The number of H-pyrrole nitrogens is 1. The fourth-order valence-corrected chi connectivity index (χ4v) is 3.37. The van der Waals surface area contributed by atoms with Gasteiger partial charge in [-0.2, -0.15) is 0 Å². The lowest BCUT2D eigenvalue weighted by molar-refractivity contribution is 0.0519. The zero-order valence-corrected chi connectivity index (χ0v) is 16.8. The Balaban J connectivity index is 1.34. The van der Waals surface area contributed by atoms with E-state index in [1.54, 1.807) is 30.3 Å². The summed E-state index contributed by atoms with van der Waals surface area (Å²) < 4.78 is 20.3. The van der Waals surface area contributed by atoms with Gasteiger partial charge in [0.05, 0.1) is 23.5 Å². The molecule has 4 aromatic rings. The number of amides is 1. The molecule has 0 aliphatic heterocycles. The summed E-state index contributed by atoms with van der Waals surface area (Å²) in [5.74, 6) is -1.13. The van der Waals surface area contributed by atoms with Crippen LogP contribution in [0.15, 0.2) is 54.6 Å². The third kappa shape index (κ3) is 4.15. The van der Waals surface area contributed by atoms with Crippen LogP contribution in [0, 0.1) is 5.82 Å². The van der Waals surface area contributed by atoms with Gasteiger partial charge in [0, 0.05) is 11.3 Å². The minimum absolute atomic E-state index is 0.00119. The average molecular weight is 417 g/mol. The van der Waals surface area contributed by atoms with Gasteiger partial charge in [-0.15, -0.1) is 5.10 Å². The minimum Gasteiger partial charge on any atom is -0.371 e. The average Bonchev–Trinajstić information content (AvgIpc) is 3.47. The quantitative estimate of drug-likeness (QED) is 0.476. The first-order valence-electron chi connectivity index (χ1n) is 10.1. The predicted octanol–water partition coefficient (Wildman–Crippen LogP) is 4.65. The molecule has 0 spiro atoms. The molecule has 8 heteroatoms. The Morgan fingerprint density at radius 3 is 2.74 bits per heavy atom. The zero-order valence-electron chi connectivity index (χ0n) is 16.8. The van der Waals surface area contributed by atoms with E-state index in [4.69, 9.17) is 4.74 Å². The Labute approximate surface area is 177 Å². The van der Waals surface area contributed by atoms with E-state index >= 15 is 0 Å². The number of carbonyl (C=O) groups is 1. The number of nitrogens with one attached hydrogen (secondary N) is 2. The van der Waals surface area contributed by atoms with Crippen LogP contribution in [0.2, 0.25) is 0 Å². The molecule has 0 saturated heterocycles. The van der Waals surface area contributed by atoms with Gasteiger partial charge in [-0.1, -0.05) is 17.3 Å². The molecule has 31 heavy (non-hydrogen) atoms. The van der Waals surface area contributed by atoms with E-state index in [2.05, 4.69) is 25.7 Å². The number of benzene rings is 2. The molecule has 1 atom stereocenters. The van der Waals surface area contributed by atoms with Gasteiger partial charge in [0.25, 0.3) is 5.91 Å². The molecule has 2 N–H and O–H groups in total. The van der Waals surface area contributed by atoms with Crippen molar-refractivity contribution in [3.8, 4) is 11.3 Å². The molecule has 0 radical (unpaired) electrons. The minimum atomic E-state index is -0.603. The molecule has 7 nitrogen and oxygen atoms in total. The number of pyridine rings is 1. The van der Waals surface area contributed by atoms with Crippen molar-refractivity contribution >= 4 is 22.8 Å². The summed E-state index contributed by atoms with van der Waals surface area (Å²) in [4.78, 5) is 17.2. The van der Waals surface area contributed by atoms with E-state index in [1.807, 2.05) is 19.1 Å². The van der Waals surface area contributed by atoms with Gasteiger partial charge in [0.1, 0.15) is 11.3 Å². The summed E-state index contributed by atoms with van der Waals surface area (Å²) in [6, 6.07) is 15.3. The number of carbonyl (C=O) groups excluding carboxylic acids is 1. The monoisotopic (exact) mass is 417 g/mol. The molecular weight excluding hydrogens is 397 g/mol.